The molecule has 4 N–H and O–H groups in total. The van der Waals surface area contributed by atoms with Gasteiger partial charge in [-0.1, -0.05) is 66.7 Å². The number of hydrogen-bond donors (Lipinski definition) is 4. The Morgan fingerprint density at radius 3 is 2.31 bits per heavy atom. The molecular formula is C28H32N2O5S. The van der Waals surface area contributed by atoms with Gasteiger partial charge >= 0.3 is 6.03 Å². The summed E-state index contributed by atoms with van der Waals surface area (Å²) in [6, 6.07) is 24.7. The highest BCUT2D eigenvalue weighted by molar-refractivity contribution is 7.99. The van der Waals surface area contributed by atoms with E-state index in [4.69, 9.17) is 14.6 Å². The summed E-state index contributed by atoms with van der Waals surface area (Å²) < 4.78 is 12.6. The first kappa shape index (κ1) is 26.2. The van der Waals surface area contributed by atoms with Gasteiger partial charge in [0, 0.05) is 35.7 Å². The van der Waals surface area contributed by atoms with Crippen LogP contribution in [0.15, 0.2) is 78.9 Å². The predicted octanol–water partition coefficient (Wildman–Crippen LogP) is 4.77. The van der Waals surface area contributed by atoms with Crippen LogP contribution in [0.25, 0.3) is 0 Å². The van der Waals surface area contributed by atoms with Crippen molar-refractivity contribution in [3.63, 3.8) is 0 Å². The number of hydrogen-bond acceptors (Lipinski definition) is 6. The number of urea groups is 1. The first-order chi connectivity index (χ1) is 17.6. The van der Waals surface area contributed by atoms with Crippen LogP contribution >= 0.6 is 11.8 Å². The maximum atomic E-state index is 12.3. The lowest BCUT2D eigenvalue weighted by atomic mass is 10.0. The lowest BCUT2D eigenvalue weighted by Gasteiger charge is -2.36. The van der Waals surface area contributed by atoms with Gasteiger partial charge in [0.25, 0.3) is 0 Å². The minimum atomic E-state index is -0.554. The molecule has 0 radical (unpaired) electrons. The maximum absolute atomic E-state index is 12.3. The number of nitrogens with one attached hydrogen (secondary N) is 2. The van der Waals surface area contributed by atoms with Crippen molar-refractivity contribution in [2.75, 3.05) is 23.4 Å². The lowest BCUT2D eigenvalue weighted by molar-refractivity contribution is -0.245. The molecule has 0 unspecified atom stereocenters. The highest BCUT2D eigenvalue weighted by Crippen LogP contribution is 2.39. The Morgan fingerprint density at radius 2 is 1.61 bits per heavy atom. The van der Waals surface area contributed by atoms with Crippen LogP contribution in [0.4, 0.5) is 10.5 Å². The molecule has 190 valence electrons. The number of benzene rings is 3. The molecule has 2 amide bonds. The van der Waals surface area contributed by atoms with Gasteiger partial charge in [0.15, 0.2) is 6.29 Å². The van der Waals surface area contributed by atoms with Crippen LogP contribution in [-0.2, 0) is 22.6 Å². The zero-order valence-electron chi connectivity index (χ0n) is 20.0. The van der Waals surface area contributed by atoms with E-state index in [0.29, 0.717) is 24.4 Å². The minimum absolute atomic E-state index is 0.00261. The third-order valence-electron chi connectivity index (χ3n) is 5.89. The van der Waals surface area contributed by atoms with Crippen LogP contribution in [-0.4, -0.2) is 40.5 Å². The van der Waals surface area contributed by atoms with E-state index in [1.165, 1.54) is 0 Å². The number of amides is 2. The molecule has 0 aromatic heterocycles. The number of anilines is 1. The quantitative estimate of drug-likeness (QED) is 0.295. The maximum Gasteiger partial charge on any atom is 0.319 e. The third-order valence-corrected chi connectivity index (χ3v) is 6.97. The summed E-state index contributed by atoms with van der Waals surface area (Å²) in [5.41, 5.74) is 4.45. The van der Waals surface area contributed by atoms with Crippen molar-refractivity contribution < 1.29 is 24.5 Å². The van der Waals surface area contributed by atoms with E-state index in [0.717, 1.165) is 28.0 Å². The first-order valence-corrected chi connectivity index (χ1v) is 13.2. The summed E-state index contributed by atoms with van der Waals surface area (Å²) in [6.45, 7) is 0.588. The van der Waals surface area contributed by atoms with E-state index in [-0.39, 0.29) is 31.5 Å². The number of carbonyl (C=O) groups is 1. The van der Waals surface area contributed by atoms with Crippen LogP contribution in [0.3, 0.4) is 0 Å². The van der Waals surface area contributed by atoms with E-state index < -0.39 is 6.29 Å². The van der Waals surface area contributed by atoms with Gasteiger partial charge in [-0.25, -0.2) is 4.79 Å². The number of rotatable bonds is 10. The van der Waals surface area contributed by atoms with Gasteiger partial charge in [-0.3, -0.25) is 0 Å². The largest absolute Gasteiger partial charge is 0.396 e. The number of aliphatic hydroxyl groups is 2. The number of ether oxygens (including phenoxy) is 2. The molecule has 7 nitrogen and oxygen atoms in total. The summed E-state index contributed by atoms with van der Waals surface area (Å²) in [5, 5.41) is 24.2. The second kappa shape index (κ2) is 13.4. The van der Waals surface area contributed by atoms with E-state index in [1.807, 2.05) is 78.9 Å². The zero-order valence-corrected chi connectivity index (χ0v) is 20.8. The number of thioether (sulfide) groups is 1. The molecule has 0 saturated carbocycles. The smallest absolute Gasteiger partial charge is 0.319 e. The molecule has 0 aliphatic carbocycles. The van der Waals surface area contributed by atoms with Gasteiger partial charge in [0.1, 0.15) is 0 Å². The monoisotopic (exact) mass is 508 g/mol. The Balaban J connectivity index is 1.39. The molecule has 8 heteroatoms. The van der Waals surface area contributed by atoms with Crippen molar-refractivity contribution in [1.82, 2.24) is 5.32 Å². The molecular weight excluding hydrogens is 476 g/mol. The highest BCUT2D eigenvalue weighted by atomic mass is 32.2. The molecule has 1 aliphatic rings. The summed E-state index contributed by atoms with van der Waals surface area (Å²) in [4.78, 5) is 12.3. The molecule has 36 heavy (non-hydrogen) atoms. The zero-order chi connectivity index (χ0) is 25.2. The summed E-state index contributed by atoms with van der Waals surface area (Å²) >= 11 is 1.65. The lowest BCUT2D eigenvalue weighted by Crippen LogP contribution is -2.31. The molecule has 1 aliphatic heterocycles. The first-order valence-electron chi connectivity index (χ1n) is 12.0. The van der Waals surface area contributed by atoms with Crippen molar-refractivity contribution >= 4 is 23.5 Å². The second-order valence-corrected chi connectivity index (χ2v) is 9.71. The SMILES string of the molecule is O=C(NCc1ccccc1)Nc1ccc([C@@H]2O[C@H](CSCCO)C[C@H](c3ccc(CO)cc3)O2)cc1. The van der Waals surface area contributed by atoms with Crippen molar-refractivity contribution in [3.05, 3.63) is 101 Å². The average Bonchev–Trinajstić information content (AvgIpc) is 2.93. The molecule has 1 saturated heterocycles. The van der Waals surface area contributed by atoms with E-state index in [2.05, 4.69) is 10.6 Å². The Labute approximate surface area is 215 Å². The van der Waals surface area contributed by atoms with Gasteiger partial charge in [0.05, 0.1) is 25.4 Å². The van der Waals surface area contributed by atoms with Crippen LogP contribution < -0.4 is 10.6 Å². The van der Waals surface area contributed by atoms with Crippen molar-refractivity contribution in [1.29, 1.82) is 0 Å². The summed E-state index contributed by atoms with van der Waals surface area (Å²) in [5.74, 6) is 1.42. The minimum Gasteiger partial charge on any atom is -0.396 e. The summed E-state index contributed by atoms with van der Waals surface area (Å²) in [7, 11) is 0. The summed E-state index contributed by atoms with van der Waals surface area (Å²) in [6.07, 6.45) is -0.0432. The van der Waals surface area contributed by atoms with Gasteiger partial charge in [0.2, 0.25) is 0 Å². The molecule has 1 heterocycles. The predicted molar refractivity (Wildman–Crippen MR) is 142 cm³/mol. The fourth-order valence-electron chi connectivity index (χ4n) is 3.98. The van der Waals surface area contributed by atoms with Crippen molar-refractivity contribution in [3.8, 4) is 0 Å². The molecule has 1 fully saturated rings. The fourth-order valence-corrected chi connectivity index (χ4v) is 4.75. The van der Waals surface area contributed by atoms with Crippen molar-refractivity contribution in [2.45, 2.75) is 38.1 Å². The van der Waals surface area contributed by atoms with E-state index in [9.17, 15) is 9.90 Å². The van der Waals surface area contributed by atoms with Crippen LogP contribution in [0.5, 0.6) is 0 Å². The molecule has 3 aromatic rings. The van der Waals surface area contributed by atoms with Gasteiger partial charge in [-0.05, 0) is 28.8 Å². The Kier molecular flexibility index (Phi) is 9.77. The molecule has 0 bridgehead atoms. The molecule has 3 atom stereocenters. The van der Waals surface area contributed by atoms with Crippen LogP contribution in [0.1, 0.15) is 41.1 Å². The molecule has 0 spiro atoms. The third kappa shape index (κ3) is 7.56. The molecule has 4 rings (SSSR count). The average molecular weight is 509 g/mol. The van der Waals surface area contributed by atoms with E-state index in [1.54, 1.807) is 11.8 Å². The number of aliphatic hydroxyl groups excluding tert-OH is 2. The fraction of sp³-hybridized carbons (Fsp3) is 0.321. The molecule has 3 aromatic carbocycles. The van der Waals surface area contributed by atoms with Crippen LogP contribution in [0.2, 0.25) is 0 Å². The van der Waals surface area contributed by atoms with Crippen LogP contribution in [0, 0.1) is 0 Å². The standard InChI is InChI=1S/C28H32N2O5S/c31-14-15-36-19-25-16-26(22-8-6-21(18-32)7-9-22)35-27(34-25)23-10-12-24(13-11-23)30-28(33)29-17-20-4-2-1-3-5-20/h1-13,25-27,31-32H,14-19H2,(H2,29,30,33)/t25-,26+,27+/m0/s1. The highest BCUT2D eigenvalue weighted by Gasteiger charge is 2.32. The van der Waals surface area contributed by atoms with Gasteiger partial charge in [-0.15, -0.1) is 0 Å². The number of carbonyl (C=O) groups excluding carboxylic acids is 1. The Morgan fingerprint density at radius 1 is 0.889 bits per heavy atom. The van der Waals surface area contributed by atoms with Gasteiger partial charge in [-0.2, -0.15) is 11.8 Å². The van der Waals surface area contributed by atoms with E-state index >= 15 is 0 Å². The Hall–Kier alpha value is -2.88. The second-order valence-electron chi connectivity index (χ2n) is 8.56. The Bertz CT molecular complexity index is 1080. The van der Waals surface area contributed by atoms with Gasteiger partial charge < -0.3 is 30.3 Å². The topological polar surface area (TPSA) is 100 Å². The van der Waals surface area contributed by atoms with Crippen molar-refractivity contribution in [2.24, 2.45) is 0 Å². The normalized spacial score (nSPS) is 19.6.